The van der Waals surface area contributed by atoms with Crippen LogP contribution >= 0.6 is 0 Å². The molecule has 0 aliphatic carbocycles. The van der Waals surface area contributed by atoms with Crippen LogP contribution in [-0.4, -0.2) is 13.1 Å². The van der Waals surface area contributed by atoms with Gasteiger partial charge in [0.2, 0.25) is 0 Å². The number of nitrogens with zero attached hydrogens (tertiary/aromatic N) is 1. The van der Waals surface area contributed by atoms with Gasteiger partial charge in [-0.1, -0.05) is 5.57 Å². The van der Waals surface area contributed by atoms with Gasteiger partial charge in [-0.15, -0.1) is 0 Å². The molecule has 0 unspecified atom stereocenters. The number of rotatable bonds is 2. The summed E-state index contributed by atoms with van der Waals surface area (Å²) in [5.41, 5.74) is 0.717. The number of ether oxygens (including phenoxy) is 1. The minimum absolute atomic E-state index is 0.198. The summed E-state index contributed by atoms with van der Waals surface area (Å²) in [6.07, 6.45) is 1.53. The van der Waals surface area contributed by atoms with Crippen LogP contribution in [0.15, 0.2) is 11.6 Å². The van der Waals surface area contributed by atoms with E-state index in [9.17, 15) is 4.79 Å². The summed E-state index contributed by atoms with van der Waals surface area (Å²) in [6.45, 7) is 1.71. The van der Waals surface area contributed by atoms with Crippen molar-refractivity contribution >= 4 is 5.97 Å². The van der Waals surface area contributed by atoms with Crippen molar-refractivity contribution < 1.29 is 9.53 Å². The lowest BCUT2D eigenvalue weighted by molar-refractivity contribution is -0.139. The lowest BCUT2D eigenvalue weighted by Gasteiger charge is -1.95. The van der Waals surface area contributed by atoms with Gasteiger partial charge in [0.05, 0.1) is 19.6 Å². The molecule has 0 aliphatic heterocycles. The first-order chi connectivity index (χ1) is 4.70. The van der Waals surface area contributed by atoms with E-state index in [-0.39, 0.29) is 12.4 Å². The Balaban J connectivity index is 3.82. The molecule has 0 aromatic carbocycles. The van der Waals surface area contributed by atoms with Crippen molar-refractivity contribution in [2.75, 3.05) is 7.11 Å². The predicted octanol–water partition coefficient (Wildman–Crippen LogP) is 1.02. The third kappa shape index (κ3) is 3.67. The first-order valence-corrected chi connectivity index (χ1v) is 2.82. The molecule has 3 heteroatoms. The van der Waals surface area contributed by atoms with Gasteiger partial charge in [0.25, 0.3) is 0 Å². The molecule has 0 aliphatic rings. The van der Waals surface area contributed by atoms with Crippen LogP contribution in [0.25, 0.3) is 0 Å². The van der Waals surface area contributed by atoms with Crippen molar-refractivity contribution in [2.24, 2.45) is 0 Å². The maximum Gasteiger partial charge on any atom is 0.309 e. The van der Waals surface area contributed by atoms with E-state index in [1.54, 1.807) is 6.92 Å². The molecule has 0 atom stereocenters. The highest BCUT2D eigenvalue weighted by Crippen LogP contribution is 1.99. The minimum Gasteiger partial charge on any atom is -0.469 e. The SMILES string of the molecule is COC(=O)CC(C)=CC#N. The van der Waals surface area contributed by atoms with E-state index < -0.39 is 0 Å². The number of carbonyl (C=O) groups excluding carboxylic acids is 1. The van der Waals surface area contributed by atoms with E-state index in [1.807, 2.05) is 6.07 Å². The van der Waals surface area contributed by atoms with Gasteiger partial charge >= 0.3 is 5.97 Å². The Morgan fingerprint density at radius 3 is 2.80 bits per heavy atom. The predicted molar refractivity (Wildman–Crippen MR) is 36.0 cm³/mol. The highest BCUT2D eigenvalue weighted by Gasteiger charge is 1.99. The van der Waals surface area contributed by atoms with Crippen LogP contribution in [0.3, 0.4) is 0 Å². The minimum atomic E-state index is -0.316. The lowest BCUT2D eigenvalue weighted by atomic mass is 10.2. The van der Waals surface area contributed by atoms with Crippen LogP contribution in [0.4, 0.5) is 0 Å². The number of methoxy groups -OCH3 is 1. The average Bonchev–Trinajstić information content (AvgIpc) is 1.88. The summed E-state index contributed by atoms with van der Waals surface area (Å²) < 4.78 is 4.38. The standard InChI is InChI=1S/C7H9NO2/c1-6(3-4-8)5-7(9)10-2/h3H,5H2,1-2H3. The number of carbonyl (C=O) groups is 1. The molecule has 0 N–H and O–H groups in total. The molecule has 0 saturated carbocycles. The molecule has 0 spiro atoms. The second-order valence-corrected chi connectivity index (χ2v) is 1.87. The van der Waals surface area contributed by atoms with Gasteiger partial charge in [0.15, 0.2) is 0 Å². The molecule has 0 heterocycles. The van der Waals surface area contributed by atoms with Gasteiger partial charge in [0.1, 0.15) is 0 Å². The highest BCUT2D eigenvalue weighted by atomic mass is 16.5. The molecule has 3 nitrogen and oxygen atoms in total. The van der Waals surface area contributed by atoms with Crippen molar-refractivity contribution in [3.63, 3.8) is 0 Å². The topological polar surface area (TPSA) is 50.1 Å². The number of hydrogen-bond donors (Lipinski definition) is 0. The fourth-order valence-corrected chi connectivity index (χ4v) is 0.461. The maximum atomic E-state index is 10.5. The molecule has 0 fully saturated rings. The van der Waals surface area contributed by atoms with Crippen molar-refractivity contribution in [3.8, 4) is 6.07 Å². The van der Waals surface area contributed by atoms with Crippen molar-refractivity contribution in [3.05, 3.63) is 11.6 Å². The van der Waals surface area contributed by atoms with Crippen LogP contribution in [-0.2, 0) is 9.53 Å². The molecule has 0 amide bonds. The normalized spacial score (nSPS) is 10.3. The number of allylic oxidation sites excluding steroid dienone is 1. The maximum absolute atomic E-state index is 10.5. The third-order valence-electron chi connectivity index (χ3n) is 0.962. The third-order valence-corrected chi connectivity index (χ3v) is 0.962. The molecule has 0 aromatic heterocycles. The van der Waals surface area contributed by atoms with Crippen LogP contribution in [0.2, 0.25) is 0 Å². The number of esters is 1. The van der Waals surface area contributed by atoms with E-state index >= 15 is 0 Å². The largest absolute Gasteiger partial charge is 0.469 e. The summed E-state index contributed by atoms with van der Waals surface area (Å²) in [5, 5.41) is 8.14. The summed E-state index contributed by atoms with van der Waals surface area (Å²) in [6, 6.07) is 1.83. The molecule has 54 valence electrons. The first kappa shape index (κ1) is 8.70. The summed E-state index contributed by atoms with van der Waals surface area (Å²) in [5.74, 6) is -0.316. The summed E-state index contributed by atoms with van der Waals surface area (Å²) in [7, 11) is 1.32. The van der Waals surface area contributed by atoms with Gasteiger partial charge in [-0.3, -0.25) is 4.79 Å². The fraction of sp³-hybridized carbons (Fsp3) is 0.429. The molecular weight excluding hydrogens is 130 g/mol. The van der Waals surface area contributed by atoms with E-state index in [1.165, 1.54) is 13.2 Å². The van der Waals surface area contributed by atoms with E-state index in [4.69, 9.17) is 5.26 Å². The molecular formula is C7H9NO2. The van der Waals surface area contributed by atoms with Gasteiger partial charge in [0, 0.05) is 6.08 Å². The Hall–Kier alpha value is -1.30. The Morgan fingerprint density at radius 1 is 1.80 bits per heavy atom. The Bertz CT molecular complexity index is 188. The summed E-state index contributed by atoms with van der Waals surface area (Å²) in [4.78, 5) is 10.5. The monoisotopic (exact) mass is 139 g/mol. The second-order valence-electron chi connectivity index (χ2n) is 1.87. The van der Waals surface area contributed by atoms with Crippen LogP contribution < -0.4 is 0 Å². The van der Waals surface area contributed by atoms with Gasteiger partial charge in [-0.2, -0.15) is 5.26 Å². The Kier molecular flexibility index (Phi) is 3.97. The average molecular weight is 139 g/mol. The molecule has 0 radical (unpaired) electrons. The molecule has 0 saturated heterocycles. The quantitative estimate of drug-likeness (QED) is 0.424. The van der Waals surface area contributed by atoms with Crippen molar-refractivity contribution in [1.29, 1.82) is 5.26 Å². The molecule has 0 bridgehead atoms. The zero-order valence-electron chi connectivity index (χ0n) is 6.05. The molecule has 0 rings (SSSR count). The number of nitriles is 1. The van der Waals surface area contributed by atoms with E-state index in [0.717, 1.165) is 0 Å². The zero-order valence-corrected chi connectivity index (χ0v) is 6.05. The van der Waals surface area contributed by atoms with Crippen molar-refractivity contribution in [1.82, 2.24) is 0 Å². The van der Waals surface area contributed by atoms with Gasteiger partial charge in [-0.05, 0) is 6.92 Å². The Labute approximate surface area is 59.9 Å². The van der Waals surface area contributed by atoms with E-state index in [0.29, 0.717) is 5.57 Å². The zero-order chi connectivity index (χ0) is 7.98. The summed E-state index contributed by atoms with van der Waals surface area (Å²) >= 11 is 0. The Morgan fingerprint density at radius 2 is 2.40 bits per heavy atom. The first-order valence-electron chi connectivity index (χ1n) is 2.82. The van der Waals surface area contributed by atoms with Gasteiger partial charge in [-0.25, -0.2) is 0 Å². The van der Waals surface area contributed by atoms with Crippen LogP contribution in [0.5, 0.6) is 0 Å². The van der Waals surface area contributed by atoms with E-state index in [2.05, 4.69) is 4.74 Å². The lowest BCUT2D eigenvalue weighted by Crippen LogP contribution is -1.99. The number of hydrogen-bond acceptors (Lipinski definition) is 3. The second kappa shape index (κ2) is 4.57. The van der Waals surface area contributed by atoms with Gasteiger partial charge < -0.3 is 4.74 Å². The smallest absolute Gasteiger partial charge is 0.309 e. The van der Waals surface area contributed by atoms with Crippen LogP contribution in [0.1, 0.15) is 13.3 Å². The molecule has 10 heavy (non-hydrogen) atoms. The molecule has 0 aromatic rings. The van der Waals surface area contributed by atoms with Crippen LogP contribution in [0, 0.1) is 11.3 Å². The fourth-order valence-electron chi connectivity index (χ4n) is 0.461. The van der Waals surface area contributed by atoms with Crippen molar-refractivity contribution in [2.45, 2.75) is 13.3 Å². The highest BCUT2D eigenvalue weighted by molar-refractivity contribution is 5.72.